The number of para-hydroxylation sites is 2. The molecule has 1 aromatic heterocycles. The standard InChI is InChI=1S/C55H46N4/c1-39-23-25-42(26-24-39)53-56-54(43-27-33-44(34-28-43)55(2,3)4)59(57-53)48-37-31-41(32-38-48)50-20-12-14-22-52(50)51-21-13-11-19-49(51)40-29-35-47(36-30-40)58(45-15-7-5-8-16-45)46-17-9-6-10-18-46/h5-38H,1-4H3. The summed E-state index contributed by atoms with van der Waals surface area (Å²) in [4.78, 5) is 7.41. The van der Waals surface area contributed by atoms with Crippen LogP contribution in [0.25, 0.3) is 61.8 Å². The molecule has 59 heavy (non-hydrogen) atoms. The van der Waals surface area contributed by atoms with Gasteiger partial charge < -0.3 is 4.90 Å². The Balaban J connectivity index is 1.06. The average molecular weight is 763 g/mol. The Hall–Kier alpha value is -7.30. The molecule has 0 radical (unpaired) electrons. The number of hydrogen-bond acceptors (Lipinski definition) is 3. The zero-order valence-electron chi connectivity index (χ0n) is 33.9. The molecular weight excluding hydrogens is 717 g/mol. The molecule has 0 N–H and O–H groups in total. The van der Waals surface area contributed by atoms with Crippen LogP contribution < -0.4 is 4.90 Å². The van der Waals surface area contributed by atoms with Crippen molar-refractivity contribution in [2.45, 2.75) is 33.1 Å². The number of nitrogens with zero attached hydrogens (tertiary/aromatic N) is 4. The van der Waals surface area contributed by atoms with Gasteiger partial charge in [0.05, 0.1) is 5.69 Å². The normalized spacial score (nSPS) is 11.4. The van der Waals surface area contributed by atoms with Gasteiger partial charge >= 0.3 is 0 Å². The van der Waals surface area contributed by atoms with Crippen molar-refractivity contribution in [2.24, 2.45) is 0 Å². The van der Waals surface area contributed by atoms with E-state index in [9.17, 15) is 0 Å². The lowest BCUT2D eigenvalue weighted by Gasteiger charge is -2.25. The molecule has 0 aliphatic heterocycles. The number of rotatable bonds is 9. The van der Waals surface area contributed by atoms with Crippen LogP contribution in [0.1, 0.15) is 31.9 Å². The van der Waals surface area contributed by atoms with Crippen LogP contribution in [0.2, 0.25) is 0 Å². The topological polar surface area (TPSA) is 34.0 Å². The first-order valence-electron chi connectivity index (χ1n) is 20.3. The summed E-state index contributed by atoms with van der Waals surface area (Å²) in [7, 11) is 0. The fourth-order valence-corrected chi connectivity index (χ4v) is 7.74. The van der Waals surface area contributed by atoms with Crippen LogP contribution >= 0.6 is 0 Å². The summed E-state index contributed by atoms with van der Waals surface area (Å²) in [6, 6.07) is 73.3. The maximum atomic E-state index is 5.12. The second-order valence-electron chi connectivity index (χ2n) is 16.1. The Morgan fingerprint density at radius 3 is 1.34 bits per heavy atom. The van der Waals surface area contributed by atoms with Crippen molar-refractivity contribution >= 4 is 17.1 Å². The summed E-state index contributed by atoms with van der Waals surface area (Å²) < 4.78 is 1.98. The van der Waals surface area contributed by atoms with Gasteiger partial charge in [-0.3, -0.25) is 0 Å². The summed E-state index contributed by atoms with van der Waals surface area (Å²) in [5.74, 6) is 1.51. The van der Waals surface area contributed by atoms with Crippen molar-refractivity contribution < 1.29 is 0 Å². The van der Waals surface area contributed by atoms with E-state index in [0.29, 0.717) is 5.82 Å². The molecule has 1 heterocycles. The van der Waals surface area contributed by atoms with Gasteiger partial charge in [-0.15, -0.1) is 5.10 Å². The van der Waals surface area contributed by atoms with Gasteiger partial charge in [-0.1, -0.05) is 184 Å². The molecule has 9 aromatic rings. The number of hydrogen-bond donors (Lipinski definition) is 0. The Morgan fingerprint density at radius 2 is 0.831 bits per heavy atom. The lowest BCUT2D eigenvalue weighted by molar-refractivity contribution is 0.590. The van der Waals surface area contributed by atoms with Crippen molar-refractivity contribution in [1.82, 2.24) is 14.8 Å². The fraction of sp³-hybridized carbons (Fsp3) is 0.0909. The minimum absolute atomic E-state index is 0.0591. The van der Waals surface area contributed by atoms with Crippen LogP contribution in [-0.2, 0) is 5.41 Å². The number of benzene rings is 8. The number of aromatic nitrogens is 3. The average Bonchev–Trinajstić information content (AvgIpc) is 3.73. The Labute approximate surface area is 347 Å². The molecule has 0 spiro atoms. The van der Waals surface area contributed by atoms with E-state index in [4.69, 9.17) is 10.1 Å². The van der Waals surface area contributed by atoms with Crippen molar-refractivity contribution in [3.63, 3.8) is 0 Å². The van der Waals surface area contributed by atoms with Gasteiger partial charge in [0.1, 0.15) is 0 Å². The van der Waals surface area contributed by atoms with E-state index in [2.05, 4.69) is 239 Å². The summed E-state index contributed by atoms with van der Waals surface area (Å²) in [6.45, 7) is 8.81. The largest absolute Gasteiger partial charge is 0.311 e. The minimum atomic E-state index is 0.0591. The van der Waals surface area contributed by atoms with Crippen LogP contribution in [0.5, 0.6) is 0 Å². The van der Waals surface area contributed by atoms with E-state index < -0.39 is 0 Å². The first-order valence-corrected chi connectivity index (χ1v) is 20.3. The van der Waals surface area contributed by atoms with Gasteiger partial charge in [0.2, 0.25) is 0 Å². The second-order valence-corrected chi connectivity index (χ2v) is 16.1. The molecule has 0 aliphatic rings. The monoisotopic (exact) mass is 762 g/mol. The Kier molecular flexibility index (Phi) is 10.1. The summed E-state index contributed by atoms with van der Waals surface area (Å²) in [5.41, 5.74) is 15.9. The van der Waals surface area contributed by atoms with Gasteiger partial charge in [-0.05, 0) is 99.8 Å². The van der Waals surface area contributed by atoms with E-state index in [1.54, 1.807) is 0 Å². The van der Waals surface area contributed by atoms with Crippen molar-refractivity contribution in [2.75, 3.05) is 4.90 Å². The van der Waals surface area contributed by atoms with E-state index in [0.717, 1.165) is 50.8 Å². The van der Waals surface area contributed by atoms with Gasteiger partial charge in [0.25, 0.3) is 0 Å². The molecule has 9 rings (SSSR count). The van der Waals surface area contributed by atoms with E-state index in [1.807, 2.05) is 4.68 Å². The van der Waals surface area contributed by atoms with E-state index in [1.165, 1.54) is 33.4 Å². The zero-order chi connectivity index (χ0) is 40.3. The third-order valence-corrected chi connectivity index (χ3v) is 11.0. The SMILES string of the molecule is Cc1ccc(-c2nc(-c3ccc(C(C)(C)C)cc3)n(-c3ccc(-c4ccccc4-c4ccccc4-c4ccc(N(c5ccccc5)c5ccccc5)cc4)cc3)n2)cc1. The molecular formula is C55H46N4. The molecule has 0 aliphatic carbocycles. The second kappa shape index (κ2) is 15.9. The van der Waals surface area contributed by atoms with Gasteiger partial charge in [-0.2, -0.15) is 0 Å². The first-order chi connectivity index (χ1) is 28.8. The van der Waals surface area contributed by atoms with E-state index >= 15 is 0 Å². The molecule has 0 saturated carbocycles. The van der Waals surface area contributed by atoms with Gasteiger partial charge in [0, 0.05) is 28.2 Å². The molecule has 4 nitrogen and oxygen atoms in total. The summed E-state index contributed by atoms with van der Waals surface area (Å²) in [5, 5.41) is 5.09. The maximum absolute atomic E-state index is 5.12. The van der Waals surface area contributed by atoms with Crippen molar-refractivity contribution in [3.05, 3.63) is 217 Å². The van der Waals surface area contributed by atoms with Crippen LogP contribution in [-0.4, -0.2) is 14.8 Å². The number of aryl methyl sites for hydroxylation is 1. The van der Waals surface area contributed by atoms with Crippen LogP contribution in [0.3, 0.4) is 0 Å². The molecule has 0 amide bonds. The maximum Gasteiger partial charge on any atom is 0.182 e. The highest BCUT2D eigenvalue weighted by Gasteiger charge is 2.19. The molecule has 0 unspecified atom stereocenters. The minimum Gasteiger partial charge on any atom is -0.311 e. The smallest absolute Gasteiger partial charge is 0.182 e. The Morgan fingerprint density at radius 1 is 0.407 bits per heavy atom. The lowest BCUT2D eigenvalue weighted by atomic mass is 9.86. The highest BCUT2D eigenvalue weighted by molar-refractivity contribution is 5.92. The summed E-state index contributed by atoms with van der Waals surface area (Å²) in [6.07, 6.45) is 0. The van der Waals surface area contributed by atoms with Gasteiger partial charge in [-0.25, -0.2) is 9.67 Å². The molecule has 8 aromatic carbocycles. The predicted molar refractivity (Wildman–Crippen MR) is 247 cm³/mol. The highest BCUT2D eigenvalue weighted by Crippen LogP contribution is 2.40. The summed E-state index contributed by atoms with van der Waals surface area (Å²) >= 11 is 0. The molecule has 0 fully saturated rings. The molecule has 0 atom stereocenters. The fourth-order valence-electron chi connectivity index (χ4n) is 7.74. The zero-order valence-corrected chi connectivity index (χ0v) is 33.9. The van der Waals surface area contributed by atoms with Gasteiger partial charge in [0.15, 0.2) is 11.6 Å². The quantitative estimate of drug-likeness (QED) is 0.147. The first kappa shape index (κ1) is 37.3. The van der Waals surface area contributed by atoms with Crippen LogP contribution in [0, 0.1) is 6.92 Å². The molecule has 0 bridgehead atoms. The Bertz CT molecular complexity index is 2780. The number of anilines is 3. The van der Waals surface area contributed by atoms with Crippen molar-refractivity contribution in [1.29, 1.82) is 0 Å². The highest BCUT2D eigenvalue weighted by atomic mass is 15.4. The van der Waals surface area contributed by atoms with Crippen LogP contribution in [0.4, 0.5) is 17.1 Å². The molecule has 286 valence electrons. The van der Waals surface area contributed by atoms with E-state index in [-0.39, 0.29) is 5.41 Å². The third kappa shape index (κ3) is 7.73. The lowest BCUT2D eigenvalue weighted by Crippen LogP contribution is -2.10. The molecule has 0 saturated heterocycles. The molecule has 4 heteroatoms. The third-order valence-electron chi connectivity index (χ3n) is 11.0. The van der Waals surface area contributed by atoms with Crippen LogP contribution in [0.15, 0.2) is 206 Å². The van der Waals surface area contributed by atoms with Crippen molar-refractivity contribution in [3.8, 4) is 61.8 Å². The predicted octanol–water partition coefficient (Wildman–Crippen LogP) is 14.7.